The SMILES string of the molecule is C#C/C(CCC/C(C=C)=C(\C)C(N)=C(C)C)=C(\C=C(C)C)CC. The monoisotopic (exact) mass is 311 g/mol. The summed E-state index contributed by atoms with van der Waals surface area (Å²) in [5, 5.41) is 0. The molecule has 126 valence electrons. The maximum Gasteiger partial charge on any atom is 0.0332 e. The van der Waals surface area contributed by atoms with Crippen molar-refractivity contribution >= 4 is 0 Å². The molecule has 0 rings (SSSR count). The van der Waals surface area contributed by atoms with Gasteiger partial charge in [0.25, 0.3) is 0 Å². The van der Waals surface area contributed by atoms with Gasteiger partial charge in [-0.3, -0.25) is 0 Å². The van der Waals surface area contributed by atoms with Crippen LogP contribution in [0.25, 0.3) is 0 Å². The highest BCUT2D eigenvalue weighted by Crippen LogP contribution is 2.23. The van der Waals surface area contributed by atoms with Gasteiger partial charge in [-0.05, 0) is 77.0 Å². The molecule has 0 amide bonds. The summed E-state index contributed by atoms with van der Waals surface area (Å²) in [6.45, 7) is 16.4. The fourth-order valence-corrected chi connectivity index (χ4v) is 2.52. The Kier molecular flexibility index (Phi) is 9.83. The van der Waals surface area contributed by atoms with Crippen molar-refractivity contribution in [2.24, 2.45) is 5.73 Å². The quantitative estimate of drug-likeness (QED) is 0.418. The molecule has 23 heavy (non-hydrogen) atoms. The van der Waals surface area contributed by atoms with E-state index in [1.54, 1.807) is 0 Å². The lowest BCUT2D eigenvalue weighted by Crippen LogP contribution is -2.03. The summed E-state index contributed by atoms with van der Waals surface area (Å²) in [6.07, 6.45) is 13.7. The van der Waals surface area contributed by atoms with Crippen LogP contribution in [0.3, 0.4) is 0 Å². The van der Waals surface area contributed by atoms with Crippen molar-refractivity contribution in [3.8, 4) is 12.3 Å². The molecule has 0 saturated heterocycles. The van der Waals surface area contributed by atoms with Crippen LogP contribution in [0.1, 0.15) is 67.2 Å². The summed E-state index contributed by atoms with van der Waals surface area (Å²) in [4.78, 5) is 0. The van der Waals surface area contributed by atoms with Crippen molar-refractivity contribution in [3.05, 3.63) is 57.9 Å². The molecule has 0 aromatic heterocycles. The Morgan fingerprint density at radius 1 is 1.09 bits per heavy atom. The fraction of sp³-hybridized carbons (Fsp3) is 0.455. The molecule has 0 aliphatic rings. The van der Waals surface area contributed by atoms with E-state index in [9.17, 15) is 0 Å². The third-order valence-corrected chi connectivity index (χ3v) is 3.95. The summed E-state index contributed by atoms with van der Waals surface area (Å²) in [6, 6.07) is 0. The van der Waals surface area contributed by atoms with Gasteiger partial charge in [-0.2, -0.15) is 0 Å². The Hall–Kier alpha value is -1.94. The van der Waals surface area contributed by atoms with Crippen molar-refractivity contribution in [2.75, 3.05) is 0 Å². The molecule has 0 spiro atoms. The van der Waals surface area contributed by atoms with Crippen LogP contribution in [0.5, 0.6) is 0 Å². The van der Waals surface area contributed by atoms with Crippen LogP contribution in [0.2, 0.25) is 0 Å². The highest BCUT2D eigenvalue weighted by atomic mass is 14.6. The molecule has 0 saturated carbocycles. The van der Waals surface area contributed by atoms with Crippen molar-refractivity contribution < 1.29 is 0 Å². The van der Waals surface area contributed by atoms with E-state index in [-0.39, 0.29) is 0 Å². The average Bonchev–Trinajstić information content (AvgIpc) is 2.51. The summed E-state index contributed by atoms with van der Waals surface area (Å²) in [5.41, 5.74) is 14.2. The maximum absolute atomic E-state index is 6.14. The molecule has 0 atom stereocenters. The molecule has 0 unspecified atom stereocenters. The topological polar surface area (TPSA) is 26.0 Å². The number of terminal acetylenes is 1. The normalized spacial score (nSPS) is 12.6. The molecular weight excluding hydrogens is 278 g/mol. The highest BCUT2D eigenvalue weighted by molar-refractivity contribution is 5.40. The first-order chi connectivity index (χ1) is 10.8. The zero-order valence-electron chi connectivity index (χ0n) is 15.8. The summed E-state index contributed by atoms with van der Waals surface area (Å²) in [7, 11) is 0. The molecular formula is C22H33N. The van der Waals surface area contributed by atoms with Crippen molar-refractivity contribution in [3.63, 3.8) is 0 Å². The summed E-state index contributed by atoms with van der Waals surface area (Å²) < 4.78 is 0. The molecule has 0 aliphatic carbocycles. The van der Waals surface area contributed by atoms with E-state index in [0.717, 1.165) is 48.1 Å². The smallest absolute Gasteiger partial charge is 0.0332 e. The third kappa shape index (κ3) is 7.24. The number of nitrogens with two attached hydrogens (primary N) is 1. The van der Waals surface area contributed by atoms with Gasteiger partial charge < -0.3 is 5.73 Å². The largest absolute Gasteiger partial charge is 0.399 e. The number of hydrogen-bond acceptors (Lipinski definition) is 1. The molecule has 2 N–H and O–H groups in total. The second-order valence-electron chi connectivity index (χ2n) is 6.34. The number of allylic oxidation sites excluding steroid dienone is 8. The van der Waals surface area contributed by atoms with E-state index < -0.39 is 0 Å². The van der Waals surface area contributed by atoms with E-state index in [2.05, 4.69) is 46.3 Å². The molecule has 0 bridgehead atoms. The molecule has 1 heteroatoms. The Morgan fingerprint density at radius 2 is 1.70 bits per heavy atom. The van der Waals surface area contributed by atoms with E-state index in [1.165, 1.54) is 16.7 Å². The highest BCUT2D eigenvalue weighted by Gasteiger charge is 2.06. The lowest BCUT2D eigenvalue weighted by atomic mass is 9.95. The first kappa shape index (κ1) is 21.1. The van der Waals surface area contributed by atoms with Crippen LogP contribution in [0, 0.1) is 12.3 Å². The Balaban J connectivity index is 5.19. The molecule has 0 aromatic rings. The Bertz CT molecular complexity index is 578. The van der Waals surface area contributed by atoms with Gasteiger partial charge >= 0.3 is 0 Å². The van der Waals surface area contributed by atoms with E-state index in [1.807, 2.05) is 19.9 Å². The molecule has 0 aromatic carbocycles. The molecule has 1 nitrogen and oxygen atoms in total. The first-order valence-electron chi connectivity index (χ1n) is 8.37. The zero-order valence-corrected chi connectivity index (χ0v) is 15.8. The van der Waals surface area contributed by atoms with Crippen LogP contribution in [-0.2, 0) is 0 Å². The Morgan fingerprint density at radius 3 is 2.09 bits per heavy atom. The van der Waals surface area contributed by atoms with Gasteiger partial charge in [-0.15, -0.1) is 6.42 Å². The summed E-state index contributed by atoms with van der Waals surface area (Å²) >= 11 is 0. The lowest BCUT2D eigenvalue weighted by molar-refractivity contribution is 0.815. The first-order valence-corrected chi connectivity index (χ1v) is 8.37. The minimum absolute atomic E-state index is 0.867. The minimum atomic E-state index is 0.867. The van der Waals surface area contributed by atoms with Crippen LogP contribution < -0.4 is 5.73 Å². The molecule has 0 heterocycles. The molecule has 0 aliphatic heterocycles. The lowest BCUT2D eigenvalue weighted by Gasteiger charge is -2.12. The average molecular weight is 312 g/mol. The van der Waals surface area contributed by atoms with Gasteiger partial charge in [-0.1, -0.05) is 42.7 Å². The molecule has 0 radical (unpaired) electrons. The maximum atomic E-state index is 6.14. The number of rotatable bonds is 8. The van der Waals surface area contributed by atoms with Crippen LogP contribution in [0.4, 0.5) is 0 Å². The van der Waals surface area contributed by atoms with Gasteiger partial charge in [-0.25, -0.2) is 0 Å². The van der Waals surface area contributed by atoms with Crippen LogP contribution >= 0.6 is 0 Å². The van der Waals surface area contributed by atoms with E-state index in [4.69, 9.17) is 12.2 Å². The third-order valence-electron chi connectivity index (χ3n) is 3.95. The van der Waals surface area contributed by atoms with Crippen LogP contribution in [-0.4, -0.2) is 0 Å². The molecule has 0 fully saturated rings. The van der Waals surface area contributed by atoms with Gasteiger partial charge in [0.15, 0.2) is 0 Å². The Labute approximate surface area is 143 Å². The van der Waals surface area contributed by atoms with E-state index in [0.29, 0.717) is 0 Å². The predicted molar refractivity (Wildman–Crippen MR) is 105 cm³/mol. The van der Waals surface area contributed by atoms with Crippen molar-refractivity contribution in [1.29, 1.82) is 0 Å². The van der Waals surface area contributed by atoms with Gasteiger partial charge in [0.2, 0.25) is 0 Å². The van der Waals surface area contributed by atoms with Crippen LogP contribution in [0.15, 0.2) is 57.9 Å². The van der Waals surface area contributed by atoms with Crippen molar-refractivity contribution in [1.82, 2.24) is 0 Å². The zero-order chi connectivity index (χ0) is 18.0. The fourth-order valence-electron chi connectivity index (χ4n) is 2.52. The number of hydrogen-bond donors (Lipinski definition) is 1. The summed E-state index contributed by atoms with van der Waals surface area (Å²) in [5.74, 6) is 2.88. The van der Waals surface area contributed by atoms with Gasteiger partial charge in [0.05, 0.1) is 0 Å². The van der Waals surface area contributed by atoms with Gasteiger partial charge in [0.1, 0.15) is 0 Å². The van der Waals surface area contributed by atoms with Crippen molar-refractivity contribution in [2.45, 2.75) is 67.2 Å². The standard InChI is InChI=1S/C22H33N/c1-9-19(18(8)22(23)17(6)7)13-12-14-20(10-2)21(11-3)15-16(4)5/h2,9,15H,1,11-14,23H2,3-8H3/b19-18+,21-20+. The second-order valence-corrected chi connectivity index (χ2v) is 6.34. The van der Waals surface area contributed by atoms with E-state index >= 15 is 0 Å². The minimum Gasteiger partial charge on any atom is -0.399 e. The van der Waals surface area contributed by atoms with Gasteiger partial charge in [0, 0.05) is 11.3 Å². The predicted octanol–water partition coefficient (Wildman–Crippen LogP) is 6.22. The second kappa shape index (κ2) is 10.7.